The Balaban J connectivity index is 0.000000201. The highest BCUT2D eigenvalue weighted by molar-refractivity contribution is 5.88. The molecule has 4 aromatic carbocycles. The second-order valence-corrected chi connectivity index (χ2v) is 11.4. The van der Waals surface area contributed by atoms with Gasteiger partial charge in [-0.15, -0.1) is 0 Å². The number of carbonyl (C=O) groups excluding carboxylic acids is 4. The molecule has 2 aliphatic rings. The van der Waals surface area contributed by atoms with E-state index in [1.54, 1.807) is 48.5 Å². The number of hydrogen-bond donors (Lipinski definition) is 0. The van der Waals surface area contributed by atoms with Crippen molar-refractivity contribution in [1.82, 2.24) is 0 Å². The van der Waals surface area contributed by atoms with Gasteiger partial charge in [0.15, 0.2) is 23.0 Å². The summed E-state index contributed by atoms with van der Waals surface area (Å²) in [6.07, 6.45) is 3.99. The second kappa shape index (κ2) is 16.4. The highest BCUT2D eigenvalue weighted by atomic mass is 16.6. The van der Waals surface area contributed by atoms with E-state index in [-0.39, 0.29) is 11.9 Å². The third-order valence-electron chi connectivity index (χ3n) is 7.50. The third-order valence-corrected chi connectivity index (χ3v) is 7.50. The monoisotopic (exact) mass is 708 g/mol. The minimum absolute atomic E-state index is 0.354. The van der Waals surface area contributed by atoms with E-state index < -0.39 is 11.9 Å². The summed E-state index contributed by atoms with van der Waals surface area (Å²) in [5.74, 6) is 2.29. The van der Waals surface area contributed by atoms with E-state index in [9.17, 15) is 19.2 Å². The van der Waals surface area contributed by atoms with E-state index in [4.69, 9.17) is 37.9 Å². The van der Waals surface area contributed by atoms with Crippen LogP contribution in [-0.4, -0.2) is 51.3 Å². The summed E-state index contributed by atoms with van der Waals surface area (Å²) in [6.45, 7) is 6.09. The summed E-state index contributed by atoms with van der Waals surface area (Å²) < 4.78 is 42.6. The van der Waals surface area contributed by atoms with Gasteiger partial charge in [-0.1, -0.05) is 12.1 Å². The quantitative estimate of drug-likeness (QED) is 0.138. The largest absolute Gasteiger partial charge is 0.493 e. The molecule has 0 aliphatic carbocycles. The molecule has 268 valence electrons. The molecule has 0 spiro atoms. The van der Waals surface area contributed by atoms with Crippen LogP contribution in [0.25, 0.3) is 23.3 Å². The van der Waals surface area contributed by atoms with Gasteiger partial charge in [0, 0.05) is 51.0 Å². The Morgan fingerprint density at radius 2 is 0.865 bits per heavy atom. The van der Waals surface area contributed by atoms with Gasteiger partial charge in [0.05, 0.1) is 14.2 Å². The minimum Gasteiger partial charge on any atom is -0.493 e. The van der Waals surface area contributed by atoms with Crippen molar-refractivity contribution >= 4 is 47.2 Å². The summed E-state index contributed by atoms with van der Waals surface area (Å²) in [6, 6.07) is 21.1. The first-order valence-corrected chi connectivity index (χ1v) is 16.0. The molecule has 2 heterocycles. The number of carbonyl (C=O) groups is 4. The van der Waals surface area contributed by atoms with E-state index in [0.717, 1.165) is 33.4 Å². The van der Waals surface area contributed by atoms with Crippen LogP contribution < -0.4 is 37.9 Å². The molecular formula is C40H36O12. The molecule has 6 rings (SSSR count). The predicted octanol–water partition coefficient (Wildman–Crippen LogP) is 6.96. The maximum atomic E-state index is 11.2. The number of benzene rings is 4. The van der Waals surface area contributed by atoms with E-state index >= 15 is 0 Å². The number of fused-ring (bicyclic) bond motifs is 2. The lowest BCUT2D eigenvalue weighted by Crippen LogP contribution is -2.08. The summed E-state index contributed by atoms with van der Waals surface area (Å²) in [5.41, 5.74) is 5.45. The van der Waals surface area contributed by atoms with Crippen LogP contribution in [0.1, 0.15) is 49.9 Å². The standard InChI is InChI=1S/2C20H18O6/c2*1-12(21)25-17-6-4-15-8-16(11-24-19(15)10-17)14-5-7-18(26-13(2)22)20(9-14)23-3/h2*4-10H,11H2,1-3H3. The van der Waals surface area contributed by atoms with Crippen molar-refractivity contribution in [2.75, 3.05) is 27.4 Å². The molecule has 0 unspecified atom stereocenters. The lowest BCUT2D eigenvalue weighted by atomic mass is 10.0. The van der Waals surface area contributed by atoms with E-state index in [1.807, 2.05) is 36.4 Å². The molecule has 0 radical (unpaired) electrons. The molecule has 52 heavy (non-hydrogen) atoms. The lowest BCUT2D eigenvalue weighted by molar-refractivity contribution is -0.132. The van der Waals surface area contributed by atoms with E-state index in [2.05, 4.69) is 0 Å². The van der Waals surface area contributed by atoms with Crippen LogP contribution in [-0.2, 0) is 19.2 Å². The first-order chi connectivity index (χ1) is 24.9. The molecule has 0 saturated heterocycles. The number of hydrogen-bond acceptors (Lipinski definition) is 12. The highest BCUT2D eigenvalue weighted by Crippen LogP contribution is 2.38. The molecule has 0 atom stereocenters. The normalized spacial score (nSPS) is 12.3. The van der Waals surface area contributed by atoms with Crippen LogP contribution in [0, 0.1) is 0 Å². The van der Waals surface area contributed by atoms with Crippen molar-refractivity contribution in [1.29, 1.82) is 0 Å². The number of methoxy groups -OCH3 is 2. The summed E-state index contributed by atoms with van der Waals surface area (Å²) in [4.78, 5) is 44.4. The van der Waals surface area contributed by atoms with Crippen LogP contribution in [0.3, 0.4) is 0 Å². The highest BCUT2D eigenvalue weighted by Gasteiger charge is 2.18. The second-order valence-electron chi connectivity index (χ2n) is 11.4. The van der Waals surface area contributed by atoms with Gasteiger partial charge in [-0.2, -0.15) is 0 Å². The van der Waals surface area contributed by atoms with Gasteiger partial charge in [0.1, 0.15) is 36.2 Å². The molecule has 2 aliphatic heterocycles. The molecule has 0 aromatic heterocycles. The van der Waals surface area contributed by atoms with Gasteiger partial charge < -0.3 is 37.9 Å². The minimum atomic E-state index is -0.409. The summed E-state index contributed by atoms with van der Waals surface area (Å²) >= 11 is 0. The Labute approximate surface area is 300 Å². The molecule has 0 N–H and O–H groups in total. The van der Waals surface area contributed by atoms with Gasteiger partial charge in [-0.3, -0.25) is 19.2 Å². The zero-order chi connectivity index (χ0) is 37.4. The molecule has 4 aromatic rings. The van der Waals surface area contributed by atoms with Gasteiger partial charge in [-0.05, 0) is 83.0 Å². The summed E-state index contributed by atoms with van der Waals surface area (Å²) in [7, 11) is 3.04. The zero-order valence-corrected chi connectivity index (χ0v) is 29.4. The fourth-order valence-electron chi connectivity index (χ4n) is 5.29. The maximum absolute atomic E-state index is 11.2. The number of rotatable bonds is 8. The molecule has 0 bridgehead atoms. The van der Waals surface area contributed by atoms with Crippen LogP contribution in [0.15, 0.2) is 72.8 Å². The fourth-order valence-corrected chi connectivity index (χ4v) is 5.29. The first-order valence-electron chi connectivity index (χ1n) is 16.0. The van der Waals surface area contributed by atoms with Gasteiger partial charge in [0.2, 0.25) is 0 Å². The third kappa shape index (κ3) is 9.36. The molecular weight excluding hydrogens is 672 g/mol. The number of ether oxygens (including phenoxy) is 8. The maximum Gasteiger partial charge on any atom is 0.308 e. The van der Waals surface area contributed by atoms with Gasteiger partial charge >= 0.3 is 23.9 Å². The van der Waals surface area contributed by atoms with E-state index in [1.165, 1.54) is 41.9 Å². The van der Waals surface area contributed by atoms with Crippen molar-refractivity contribution in [3.63, 3.8) is 0 Å². The van der Waals surface area contributed by atoms with Crippen LogP contribution in [0.5, 0.6) is 46.0 Å². The van der Waals surface area contributed by atoms with Crippen LogP contribution in [0.2, 0.25) is 0 Å². The topological polar surface area (TPSA) is 142 Å². The van der Waals surface area contributed by atoms with Gasteiger partial charge in [-0.25, -0.2) is 0 Å². The van der Waals surface area contributed by atoms with Gasteiger partial charge in [0.25, 0.3) is 0 Å². The Bertz CT molecular complexity index is 1940. The Hall–Kier alpha value is -6.56. The Morgan fingerprint density at radius 1 is 0.481 bits per heavy atom. The Morgan fingerprint density at radius 3 is 1.21 bits per heavy atom. The van der Waals surface area contributed by atoms with E-state index in [0.29, 0.717) is 59.2 Å². The average molecular weight is 709 g/mol. The predicted molar refractivity (Wildman–Crippen MR) is 191 cm³/mol. The average Bonchev–Trinajstić information content (AvgIpc) is 3.11. The molecule has 0 fully saturated rings. The van der Waals surface area contributed by atoms with Crippen molar-refractivity contribution < 1.29 is 57.1 Å². The SMILES string of the molecule is COc1cc(C2=Cc3ccc(OC(C)=O)cc3OC2)ccc1OC(C)=O.COc1cc(C2=Cc3ccc(OC(C)=O)cc3OC2)ccc1OC(C)=O. The Kier molecular flexibility index (Phi) is 11.6. The van der Waals surface area contributed by atoms with Crippen LogP contribution in [0.4, 0.5) is 0 Å². The number of esters is 4. The first kappa shape index (κ1) is 36.7. The smallest absolute Gasteiger partial charge is 0.308 e. The van der Waals surface area contributed by atoms with Crippen molar-refractivity contribution in [3.05, 3.63) is 95.1 Å². The van der Waals surface area contributed by atoms with Crippen LogP contribution >= 0.6 is 0 Å². The molecule has 12 heteroatoms. The molecule has 0 saturated carbocycles. The van der Waals surface area contributed by atoms with Crippen molar-refractivity contribution in [2.45, 2.75) is 27.7 Å². The van der Waals surface area contributed by atoms with Crippen molar-refractivity contribution in [3.8, 4) is 46.0 Å². The molecule has 0 amide bonds. The fraction of sp³-hybridized carbons (Fsp3) is 0.200. The van der Waals surface area contributed by atoms with Crippen molar-refractivity contribution in [2.24, 2.45) is 0 Å². The molecule has 12 nitrogen and oxygen atoms in total. The zero-order valence-electron chi connectivity index (χ0n) is 29.4. The summed E-state index contributed by atoms with van der Waals surface area (Å²) in [5, 5.41) is 0. The lowest BCUT2D eigenvalue weighted by Gasteiger charge is -2.19.